The molecule has 26 heavy (non-hydrogen) atoms. The molecule has 1 N–H and O–H groups in total. The molecule has 2 aromatic carbocycles. The summed E-state index contributed by atoms with van der Waals surface area (Å²) >= 11 is 0. The van der Waals surface area contributed by atoms with E-state index < -0.39 is 10.0 Å². The van der Waals surface area contributed by atoms with Gasteiger partial charge in [-0.05, 0) is 54.4 Å². The summed E-state index contributed by atoms with van der Waals surface area (Å²) in [6, 6.07) is 16.7. The van der Waals surface area contributed by atoms with Crippen LogP contribution in [0.1, 0.15) is 16.1 Å². The Morgan fingerprint density at radius 2 is 1.85 bits per heavy atom. The number of amides is 1. The first-order valence-corrected chi connectivity index (χ1v) is 9.59. The lowest BCUT2D eigenvalue weighted by Crippen LogP contribution is -2.28. The Hall–Kier alpha value is -3.06. The number of carbonyl (C=O) groups is 1. The van der Waals surface area contributed by atoms with Crippen LogP contribution in [0.3, 0.4) is 0 Å². The average molecular weight is 368 g/mol. The lowest BCUT2D eigenvalue weighted by atomic mass is 10.1. The fraction of sp³-hybridized carbons (Fsp3) is 0.105. The lowest BCUT2D eigenvalue weighted by molar-refractivity contribution is 0.0963. The van der Waals surface area contributed by atoms with Gasteiger partial charge in [0.05, 0.1) is 11.2 Å². The topological polar surface area (TPSA) is 79.6 Å². The van der Waals surface area contributed by atoms with Gasteiger partial charge in [-0.2, -0.15) is 0 Å². The fourth-order valence-electron chi connectivity index (χ4n) is 3.02. The molecule has 0 spiro atoms. The van der Waals surface area contributed by atoms with Gasteiger partial charge in [-0.3, -0.25) is 9.52 Å². The Morgan fingerprint density at radius 1 is 1.04 bits per heavy atom. The maximum absolute atomic E-state index is 12.5. The highest BCUT2D eigenvalue weighted by Gasteiger charge is 2.27. The minimum atomic E-state index is -3.64. The molecule has 7 heteroatoms. The van der Waals surface area contributed by atoms with Crippen molar-refractivity contribution in [1.29, 1.82) is 0 Å². The molecule has 0 bridgehead atoms. The zero-order chi connectivity index (χ0) is 18.1. The Morgan fingerprint density at radius 3 is 2.58 bits per heavy atom. The molecule has 0 aliphatic carbocycles. The quantitative estimate of drug-likeness (QED) is 0.766. The summed E-state index contributed by atoms with van der Waals surface area (Å²) in [4.78, 5) is 14.3. The van der Waals surface area contributed by atoms with Crippen molar-refractivity contribution in [3.63, 3.8) is 0 Å². The highest BCUT2D eigenvalue weighted by atomic mass is 32.2. The van der Waals surface area contributed by atoms with Gasteiger partial charge in [0.25, 0.3) is 15.9 Å². The van der Waals surface area contributed by atoms with Crippen LogP contribution >= 0.6 is 0 Å². The van der Waals surface area contributed by atoms with E-state index in [9.17, 15) is 13.2 Å². The molecule has 1 aliphatic heterocycles. The molecule has 3 aromatic rings. The van der Waals surface area contributed by atoms with E-state index in [2.05, 4.69) is 4.72 Å². The van der Waals surface area contributed by atoms with E-state index in [0.29, 0.717) is 18.7 Å². The first kappa shape index (κ1) is 16.4. The molecule has 6 nitrogen and oxygen atoms in total. The van der Waals surface area contributed by atoms with Crippen LogP contribution in [-0.4, -0.2) is 20.9 Å². The molecule has 0 saturated heterocycles. The Balaban J connectivity index is 1.58. The smallest absolute Gasteiger partial charge is 0.293 e. The highest BCUT2D eigenvalue weighted by molar-refractivity contribution is 7.92. The average Bonchev–Trinajstić information content (AvgIpc) is 3.31. The minimum Gasteiger partial charge on any atom is -0.459 e. The van der Waals surface area contributed by atoms with Gasteiger partial charge in [-0.1, -0.05) is 18.2 Å². The van der Waals surface area contributed by atoms with E-state index in [0.717, 1.165) is 11.3 Å². The molecule has 1 amide bonds. The van der Waals surface area contributed by atoms with E-state index in [-0.39, 0.29) is 16.6 Å². The zero-order valence-corrected chi connectivity index (χ0v) is 14.6. The molecule has 2 heterocycles. The molecular formula is C19H16N2O4S. The molecule has 0 radical (unpaired) electrons. The fourth-order valence-corrected chi connectivity index (χ4v) is 4.09. The van der Waals surface area contributed by atoms with Crippen LogP contribution in [0.2, 0.25) is 0 Å². The summed E-state index contributed by atoms with van der Waals surface area (Å²) in [5.41, 5.74) is 2.16. The van der Waals surface area contributed by atoms with Crippen molar-refractivity contribution >= 4 is 27.3 Å². The molecule has 0 saturated carbocycles. The van der Waals surface area contributed by atoms with Crippen molar-refractivity contribution in [1.82, 2.24) is 0 Å². The third-order valence-corrected chi connectivity index (χ3v) is 5.66. The predicted molar refractivity (Wildman–Crippen MR) is 97.8 cm³/mol. The number of fused-ring (bicyclic) bond motifs is 1. The van der Waals surface area contributed by atoms with Crippen LogP contribution in [0.25, 0.3) is 0 Å². The third kappa shape index (κ3) is 2.97. The molecule has 1 aromatic heterocycles. The summed E-state index contributed by atoms with van der Waals surface area (Å²) in [6.45, 7) is 0.532. The van der Waals surface area contributed by atoms with Crippen LogP contribution in [0.15, 0.2) is 76.2 Å². The summed E-state index contributed by atoms with van der Waals surface area (Å²) in [5.74, 6) is 0.0815. The van der Waals surface area contributed by atoms with Crippen molar-refractivity contribution in [3.8, 4) is 0 Å². The van der Waals surface area contributed by atoms with E-state index in [1.807, 2.05) is 0 Å². The molecule has 0 fully saturated rings. The summed E-state index contributed by atoms with van der Waals surface area (Å²) < 4.78 is 32.6. The van der Waals surface area contributed by atoms with Crippen LogP contribution in [0.4, 0.5) is 11.4 Å². The van der Waals surface area contributed by atoms with Gasteiger partial charge in [-0.25, -0.2) is 8.42 Å². The lowest BCUT2D eigenvalue weighted by Gasteiger charge is -2.16. The van der Waals surface area contributed by atoms with Crippen LogP contribution in [0.5, 0.6) is 0 Å². The van der Waals surface area contributed by atoms with Gasteiger partial charge in [0.2, 0.25) is 0 Å². The number of furan rings is 1. The number of rotatable bonds is 4. The van der Waals surface area contributed by atoms with Gasteiger partial charge < -0.3 is 9.32 Å². The van der Waals surface area contributed by atoms with E-state index >= 15 is 0 Å². The first-order valence-electron chi connectivity index (χ1n) is 8.11. The molecule has 0 unspecified atom stereocenters. The van der Waals surface area contributed by atoms with Crippen LogP contribution in [-0.2, 0) is 16.4 Å². The number of anilines is 2. The van der Waals surface area contributed by atoms with Gasteiger partial charge in [0.1, 0.15) is 0 Å². The number of nitrogens with one attached hydrogen (secondary N) is 1. The van der Waals surface area contributed by atoms with Crippen LogP contribution < -0.4 is 9.62 Å². The maximum Gasteiger partial charge on any atom is 0.293 e. The normalized spacial score (nSPS) is 13.5. The van der Waals surface area contributed by atoms with Gasteiger partial charge in [-0.15, -0.1) is 0 Å². The number of hydrogen-bond acceptors (Lipinski definition) is 4. The number of hydrogen-bond donors (Lipinski definition) is 1. The molecule has 4 rings (SSSR count). The molecule has 1 aliphatic rings. The SMILES string of the molecule is O=C(c1ccco1)N1CCc2cc(NS(=O)(=O)c3ccccc3)ccc21. The number of nitrogens with zero attached hydrogens (tertiary/aromatic N) is 1. The standard InChI is InChI=1S/C19H16N2O4S/c22-19(18-7-4-12-25-18)21-11-10-14-13-15(8-9-17(14)21)20-26(23,24)16-5-2-1-3-6-16/h1-9,12-13,20H,10-11H2. The van der Waals surface area contributed by atoms with Crippen molar-refractivity contribution in [2.24, 2.45) is 0 Å². The summed E-state index contributed by atoms with van der Waals surface area (Å²) in [5, 5.41) is 0. The van der Waals surface area contributed by atoms with Crippen molar-refractivity contribution < 1.29 is 17.6 Å². The second-order valence-corrected chi connectivity index (χ2v) is 7.63. The summed E-state index contributed by atoms with van der Waals surface area (Å²) in [6.07, 6.45) is 2.12. The maximum atomic E-state index is 12.5. The second kappa shape index (κ2) is 6.34. The van der Waals surface area contributed by atoms with Crippen molar-refractivity contribution in [2.75, 3.05) is 16.2 Å². The molecular weight excluding hydrogens is 352 g/mol. The molecule has 132 valence electrons. The number of carbonyl (C=O) groups excluding carboxylic acids is 1. The Kier molecular flexibility index (Phi) is 4.00. The van der Waals surface area contributed by atoms with E-state index in [1.54, 1.807) is 65.6 Å². The predicted octanol–water partition coefficient (Wildman–Crippen LogP) is 3.28. The number of benzene rings is 2. The second-order valence-electron chi connectivity index (χ2n) is 5.95. The largest absolute Gasteiger partial charge is 0.459 e. The van der Waals surface area contributed by atoms with Crippen molar-refractivity contribution in [3.05, 3.63) is 78.3 Å². The molecule has 0 atom stereocenters. The third-order valence-electron chi connectivity index (χ3n) is 4.26. The monoisotopic (exact) mass is 368 g/mol. The Bertz CT molecular complexity index is 1040. The van der Waals surface area contributed by atoms with E-state index in [1.165, 1.54) is 6.26 Å². The zero-order valence-electron chi connectivity index (χ0n) is 13.8. The number of sulfonamides is 1. The van der Waals surface area contributed by atoms with E-state index in [4.69, 9.17) is 4.42 Å². The summed E-state index contributed by atoms with van der Waals surface area (Å²) in [7, 11) is -3.64. The van der Waals surface area contributed by atoms with Crippen LogP contribution in [0, 0.1) is 0 Å². The Labute approximate surface area is 151 Å². The highest BCUT2D eigenvalue weighted by Crippen LogP contribution is 2.32. The minimum absolute atomic E-state index is 0.202. The van der Waals surface area contributed by atoms with Gasteiger partial charge in [0.15, 0.2) is 5.76 Å². The van der Waals surface area contributed by atoms with Crippen molar-refractivity contribution in [2.45, 2.75) is 11.3 Å². The van der Waals surface area contributed by atoms with Gasteiger partial charge >= 0.3 is 0 Å². The van der Waals surface area contributed by atoms with Gasteiger partial charge in [0, 0.05) is 17.9 Å². The first-order chi connectivity index (χ1) is 12.5.